The first-order valence-electron chi connectivity index (χ1n) is 6.73. The average Bonchev–Trinajstić information content (AvgIpc) is 2.37. The lowest BCUT2D eigenvalue weighted by molar-refractivity contribution is 0.336. The van der Waals surface area contributed by atoms with Gasteiger partial charge in [0.2, 0.25) is 0 Å². The Labute approximate surface area is 115 Å². The van der Waals surface area contributed by atoms with E-state index in [4.69, 9.17) is 10.5 Å². The van der Waals surface area contributed by atoms with E-state index in [2.05, 4.69) is 39.0 Å². The van der Waals surface area contributed by atoms with E-state index in [0.717, 1.165) is 36.7 Å². The van der Waals surface area contributed by atoms with Gasteiger partial charge in [-0.1, -0.05) is 32.0 Å². The predicted molar refractivity (Wildman–Crippen MR) is 81.6 cm³/mol. The van der Waals surface area contributed by atoms with Crippen molar-refractivity contribution >= 4 is 11.8 Å². The summed E-state index contributed by atoms with van der Waals surface area (Å²) in [6, 6.07) is 6.54. The Morgan fingerprint density at radius 1 is 1.33 bits per heavy atom. The molecule has 2 N–H and O–H groups in total. The summed E-state index contributed by atoms with van der Waals surface area (Å²) in [5, 5.41) is 0. The minimum absolute atomic E-state index is 0.221. The summed E-state index contributed by atoms with van der Waals surface area (Å²) in [6.07, 6.45) is 1.90. The molecular formula is C15H25NOS. The van der Waals surface area contributed by atoms with Crippen molar-refractivity contribution in [1.29, 1.82) is 0 Å². The summed E-state index contributed by atoms with van der Waals surface area (Å²) in [7, 11) is 0. The molecule has 0 bridgehead atoms. The molecule has 0 amide bonds. The third-order valence-corrected chi connectivity index (χ3v) is 3.84. The molecule has 102 valence electrons. The zero-order valence-corrected chi connectivity index (χ0v) is 12.6. The van der Waals surface area contributed by atoms with Crippen molar-refractivity contribution in [1.82, 2.24) is 0 Å². The molecule has 0 saturated heterocycles. The van der Waals surface area contributed by atoms with E-state index < -0.39 is 0 Å². The van der Waals surface area contributed by atoms with Gasteiger partial charge in [0, 0.05) is 11.8 Å². The molecule has 1 aromatic rings. The highest BCUT2D eigenvalue weighted by atomic mass is 32.2. The van der Waals surface area contributed by atoms with Crippen molar-refractivity contribution in [2.45, 2.75) is 39.7 Å². The summed E-state index contributed by atoms with van der Waals surface area (Å²) in [5.41, 5.74) is 8.49. The Kier molecular flexibility index (Phi) is 7.21. The third-order valence-electron chi connectivity index (χ3n) is 2.98. The average molecular weight is 267 g/mol. The topological polar surface area (TPSA) is 35.2 Å². The van der Waals surface area contributed by atoms with Crippen LogP contribution in [0.2, 0.25) is 0 Å². The molecule has 0 saturated carbocycles. The van der Waals surface area contributed by atoms with Crippen LogP contribution in [0.5, 0.6) is 5.75 Å². The van der Waals surface area contributed by atoms with Crippen molar-refractivity contribution in [3.63, 3.8) is 0 Å². The summed E-state index contributed by atoms with van der Waals surface area (Å²) in [4.78, 5) is 0. The minimum atomic E-state index is 0.221. The van der Waals surface area contributed by atoms with Crippen LogP contribution in [0.3, 0.4) is 0 Å². The third kappa shape index (κ3) is 4.91. The molecule has 1 rings (SSSR count). The first-order chi connectivity index (χ1) is 8.69. The highest BCUT2D eigenvalue weighted by Gasteiger charge is 2.10. The first-order valence-corrected chi connectivity index (χ1v) is 7.89. The van der Waals surface area contributed by atoms with Crippen LogP contribution in [0.1, 0.15) is 31.4 Å². The number of para-hydroxylation sites is 1. The lowest BCUT2D eigenvalue weighted by atomic mass is 10.0. The lowest BCUT2D eigenvalue weighted by Gasteiger charge is -2.16. The second kappa shape index (κ2) is 8.44. The van der Waals surface area contributed by atoms with Gasteiger partial charge in [-0.3, -0.25) is 0 Å². The quantitative estimate of drug-likeness (QED) is 0.733. The van der Waals surface area contributed by atoms with Gasteiger partial charge in [-0.15, -0.1) is 0 Å². The number of hydrogen-bond acceptors (Lipinski definition) is 3. The minimum Gasteiger partial charge on any atom is -0.492 e. The monoisotopic (exact) mass is 267 g/mol. The van der Waals surface area contributed by atoms with E-state index in [0.29, 0.717) is 0 Å². The molecule has 0 radical (unpaired) electrons. The zero-order valence-electron chi connectivity index (χ0n) is 11.7. The molecule has 0 fully saturated rings. The van der Waals surface area contributed by atoms with Gasteiger partial charge in [0.15, 0.2) is 0 Å². The van der Waals surface area contributed by atoms with Gasteiger partial charge in [0.05, 0.1) is 6.61 Å². The molecule has 0 aliphatic carbocycles. The smallest absolute Gasteiger partial charge is 0.125 e. The molecule has 18 heavy (non-hydrogen) atoms. The van der Waals surface area contributed by atoms with Gasteiger partial charge in [-0.25, -0.2) is 0 Å². The van der Waals surface area contributed by atoms with Crippen LogP contribution in [0.4, 0.5) is 0 Å². The number of hydrogen-bond donors (Lipinski definition) is 1. The van der Waals surface area contributed by atoms with Gasteiger partial charge >= 0.3 is 0 Å². The molecule has 0 aliphatic heterocycles. The van der Waals surface area contributed by atoms with Gasteiger partial charge in [-0.2, -0.15) is 11.8 Å². The summed E-state index contributed by atoms with van der Waals surface area (Å²) in [6.45, 7) is 7.17. The van der Waals surface area contributed by atoms with E-state index in [1.165, 1.54) is 11.1 Å². The maximum absolute atomic E-state index is 6.04. The van der Waals surface area contributed by atoms with Crippen LogP contribution in [0.15, 0.2) is 18.2 Å². The summed E-state index contributed by atoms with van der Waals surface area (Å²) < 4.78 is 5.94. The molecule has 1 unspecified atom stereocenters. The van der Waals surface area contributed by atoms with Gasteiger partial charge in [0.1, 0.15) is 5.75 Å². The molecule has 3 heteroatoms. The Morgan fingerprint density at radius 3 is 2.78 bits per heavy atom. The Balaban J connectivity index is 2.67. The fourth-order valence-corrected chi connectivity index (χ4v) is 2.34. The largest absolute Gasteiger partial charge is 0.492 e. The van der Waals surface area contributed by atoms with Crippen molar-refractivity contribution in [2.75, 3.05) is 18.1 Å². The Hall–Kier alpha value is -0.670. The Morgan fingerprint density at radius 2 is 2.11 bits per heavy atom. The SMILES string of the molecule is CCSCCOc1c(C)cccc1CC(N)CC. The van der Waals surface area contributed by atoms with E-state index in [1.807, 2.05) is 11.8 Å². The van der Waals surface area contributed by atoms with Gasteiger partial charge in [0.25, 0.3) is 0 Å². The maximum Gasteiger partial charge on any atom is 0.125 e. The zero-order chi connectivity index (χ0) is 13.4. The van der Waals surface area contributed by atoms with Crippen LogP contribution < -0.4 is 10.5 Å². The number of rotatable bonds is 8. The van der Waals surface area contributed by atoms with Gasteiger partial charge in [-0.05, 0) is 36.6 Å². The molecule has 2 nitrogen and oxygen atoms in total. The summed E-state index contributed by atoms with van der Waals surface area (Å²) in [5.74, 6) is 3.23. The molecule has 0 heterocycles. The van der Waals surface area contributed by atoms with Crippen molar-refractivity contribution in [3.8, 4) is 5.75 Å². The molecule has 0 spiro atoms. The van der Waals surface area contributed by atoms with Crippen molar-refractivity contribution in [3.05, 3.63) is 29.3 Å². The van der Waals surface area contributed by atoms with Crippen LogP contribution in [-0.2, 0) is 6.42 Å². The normalized spacial score (nSPS) is 12.4. The van der Waals surface area contributed by atoms with Crippen molar-refractivity contribution in [2.24, 2.45) is 5.73 Å². The van der Waals surface area contributed by atoms with Crippen molar-refractivity contribution < 1.29 is 4.74 Å². The number of thioether (sulfide) groups is 1. The number of aryl methyl sites for hydroxylation is 1. The number of ether oxygens (including phenoxy) is 1. The lowest BCUT2D eigenvalue weighted by Crippen LogP contribution is -2.22. The second-order valence-corrected chi connectivity index (χ2v) is 5.87. The molecule has 0 aromatic heterocycles. The second-order valence-electron chi connectivity index (χ2n) is 4.48. The predicted octanol–water partition coefficient (Wildman–Crippen LogP) is 3.41. The summed E-state index contributed by atoms with van der Waals surface area (Å²) >= 11 is 1.91. The molecular weight excluding hydrogens is 242 g/mol. The van der Waals surface area contributed by atoms with Crippen LogP contribution >= 0.6 is 11.8 Å². The van der Waals surface area contributed by atoms with Gasteiger partial charge < -0.3 is 10.5 Å². The standard InChI is InChI=1S/C15H25NOS/c1-4-14(16)11-13-8-6-7-12(3)15(13)17-9-10-18-5-2/h6-8,14H,4-5,9-11,16H2,1-3H3. The van der Waals surface area contributed by atoms with Crippen LogP contribution in [-0.4, -0.2) is 24.2 Å². The first kappa shape index (κ1) is 15.4. The van der Waals surface area contributed by atoms with Crippen LogP contribution in [0.25, 0.3) is 0 Å². The highest BCUT2D eigenvalue weighted by molar-refractivity contribution is 7.99. The Bertz CT molecular complexity index is 354. The molecule has 1 atom stereocenters. The van der Waals surface area contributed by atoms with E-state index in [9.17, 15) is 0 Å². The maximum atomic E-state index is 6.04. The van der Waals surface area contributed by atoms with E-state index >= 15 is 0 Å². The fraction of sp³-hybridized carbons (Fsp3) is 0.600. The molecule has 1 aromatic carbocycles. The number of nitrogens with two attached hydrogens (primary N) is 1. The van der Waals surface area contributed by atoms with E-state index in [-0.39, 0.29) is 6.04 Å². The van der Waals surface area contributed by atoms with Crippen LogP contribution in [0, 0.1) is 6.92 Å². The number of benzene rings is 1. The van der Waals surface area contributed by atoms with E-state index in [1.54, 1.807) is 0 Å². The molecule has 0 aliphatic rings. The highest BCUT2D eigenvalue weighted by Crippen LogP contribution is 2.25. The fourth-order valence-electron chi connectivity index (χ4n) is 1.85.